The van der Waals surface area contributed by atoms with Gasteiger partial charge in [0.1, 0.15) is 0 Å². The van der Waals surface area contributed by atoms with Gasteiger partial charge in [0, 0.05) is 16.7 Å². The number of hydrogen-bond acceptors (Lipinski definition) is 9. The second kappa shape index (κ2) is 9.09. The van der Waals surface area contributed by atoms with Gasteiger partial charge in [0.05, 0.1) is 32.0 Å². The lowest BCUT2D eigenvalue weighted by molar-refractivity contribution is 0.324. The molecule has 0 aliphatic rings. The standard InChI is InChI=1S/C18H21N3O4S2/c1-5-6-15-19-12(9-26-15)10-27-18-21-20-17(25-18)11-7-13(22-2)16(24-4)14(8-11)23-3/h7-9H,5-6,10H2,1-4H3. The number of hydrogen-bond donors (Lipinski definition) is 0. The van der Waals surface area contributed by atoms with Crippen molar-refractivity contribution in [2.45, 2.75) is 30.7 Å². The van der Waals surface area contributed by atoms with E-state index >= 15 is 0 Å². The van der Waals surface area contributed by atoms with Crippen LogP contribution >= 0.6 is 23.1 Å². The molecule has 9 heteroatoms. The van der Waals surface area contributed by atoms with Crippen molar-refractivity contribution >= 4 is 23.1 Å². The number of thioether (sulfide) groups is 1. The van der Waals surface area contributed by atoms with Crippen LogP contribution in [0.1, 0.15) is 24.0 Å². The maximum Gasteiger partial charge on any atom is 0.277 e. The molecule has 0 atom stereocenters. The molecule has 27 heavy (non-hydrogen) atoms. The van der Waals surface area contributed by atoms with Crippen molar-refractivity contribution in [2.24, 2.45) is 0 Å². The molecule has 0 saturated carbocycles. The van der Waals surface area contributed by atoms with Crippen molar-refractivity contribution in [3.05, 3.63) is 28.2 Å². The first-order valence-electron chi connectivity index (χ1n) is 8.38. The van der Waals surface area contributed by atoms with Gasteiger partial charge in [-0.2, -0.15) is 0 Å². The van der Waals surface area contributed by atoms with Gasteiger partial charge in [-0.1, -0.05) is 18.7 Å². The van der Waals surface area contributed by atoms with Crippen LogP contribution in [0, 0.1) is 0 Å². The highest BCUT2D eigenvalue weighted by atomic mass is 32.2. The molecule has 3 aromatic rings. The first-order valence-corrected chi connectivity index (χ1v) is 10.2. The van der Waals surface area contributed by atoms with E-state index in [1.165, 1.54) is 11.8 Å². The maximum absolute atomic E-state index is 5.78. The first kappa shape index (κ1) is 19.5. The van der Waals surface area contributed by atoms with Gasteiger partial charge in [0.15, 0.2) is 11.5 Å². The van der Waals surface area contributed by atoms with Gasteiger partial charge in [-0.15, -0.1) is 21.5 Å². The summed E-state index contributed by atoms with van der Waals surface area (Å²) >= 11 is 3.16. The van der Waals surface area contributed by atoms with Crippen LogP contribution in [-0.4, -0.2) is 36.5 Å². The number of ether oxygens (including phenoxy) is 3. The van der Waals surface area contributed by atoms with E-state index in [2.05, 4.69) is 27.5 Å². The Labute approximate surface area is 166 Å². The number of methoxy groups -OCH3 is 3. The van der Waals surface area contributed by atoms with Crippen LogP contribution in [-0.2, 0) is 12.2 Å². The molecule has 144 valence electrons. The lowest BCUT2D eigenvalue weighted by Gasteiger charge is -2.12. The van der Waals surface area contributed by atoms with Gasteiger partial charge in [-0.25, -0.2) is 4.98 Å². The molecule has 0 amide bonds. The van der Waals surface area contributed by atoms with Crippen molar-refractivity contribution in [1.29, 1.82) is 0 Å². The Morgan fingerprint density at radius 1 is 1.07 bits per heavy atom. The molecular formula is C18H21N3O4S2. The lowest BCUT2D eigenvalue weighted by Crippen LogP contribution is -1.95. The van der Waals surface area contributed by atoms with Crippen molar-refractivity contribution in [1.82, 2.24) is 15.2 Å². The number of aryl methyl sites for hydroxylation is 1. The van der Waals surface area contributed by atoms with Crippen LogP contribution in [0.3, 0.4) is 0 Å². The van der Waals surface area contributed by atoms with E-state index in [0.717, 1.165) is 23.5 Å². The second-order valence-corrected chi connectivity index (χ2v) is 7.43. The molecule has 0 bridgehead atoms. The molecule has 0 radical (unpaired) electrons. The van der Waals surface area contributed by atoms with Gasteiger partial charge in [-0.3, -0.25) is 0 Å². The summed E-state index contributed by atoms with van der Waals surface area (Å²) in [6.07, 6.45) is 2.11. The summed E-state index contributed by atoms with van der Waals surface area (Å²) in [5.41, 5.74) is 1.73. The van der Waals surface area contributed by atoms with Crippen LogP contribution in [0.15, 0.2) is 27.2 Å². The fourth-order valence-corrected chi connectivity index (χ4v) is 4.13. The average Bonchev–Trinajstić information content (AvgIpc) is 3.35. The van der Waals surface area contributed by atoms with Gasteiger partial charge in [0.25, 0.3) is 5.22 Å². The van der Waals surface area contributed by atoms with E-state index in [1.807, 2.05) is 0 Å². The fraction of sp³-hybridized carbons (Fsp3) is 0.389. The summed E-state index contributed by atoms with van der Waals surface area (Å²) in [4.78, 5) is 4.61. The van der Waals surface area contributed by atoms with Crippen LogP contribution in [0.2, 0.25) is 0 Å². The summed E-state index contributed by atoms with van der Waals surface area (Å²) in [6.45, 7) is 2.15. The first-order chi connectivity index (χ1) is 13.2. The molecule has 0 aliphatic heterocycles. The smallest absolute Gasteiger partial charge is 0.277 e. The largest absolute Gasteiger partial charge is 0.493 e. The van der Waals surface area contributed by atoms with Crippen molar-refractivity contribution in [3.63, 3.8) is 0 Å². The van der Waals surface area contributed by atoms with Gasteiger partial charge >= 0.3 is 0 Å². The number of benzene rings is 1. The molecule has 0 saturated heterocycles. The molecule has 2 heterocycles. The number of thiazole rings is 1. The number of rotatable bonds is 9. The molecule has 3 rings (SSSR count). The highest BCUT2D eigenvalue weighted by Crippen LogP contribution is 2.41. The Morgan fingerprint density at radius 2 is 1.81 bits per heavy atom. The quantitative estimate of drug-likeness (QED) is 0.481. The highest BCUT2D eigenvalue weighted by Gasteiger charge is 2.18. The van der Waals surface area contributed by atoms with Crippen LogP contribution in [0.25, 0.3) is 11.5 Å². The molecule has 0 aliphatic carbocycles. The predicted molar refractivity (Wildman–Crippen MR) is 105 cm³/mol. The Kier molecular flexibility index (Phi) is 6.57. The third kappa shape index (κ3) is 4.54. The highest BCUT2D eigenvalue weighted by molar-refractivity contribution is 7.98. The SMILES string of the molecule is CCCc1nc(CSc2nnc(-c3cc(OC)c(OC)c(OC)c3)o2)cs1. The van der Waals surface area contributed by atoms with E-state index < -0.39 is 0 Å². The van der Waals surface area contributed by atoms with E-state index in [9.17, 15) is 0 Å². The lowest BCUT2D eigenvalue weighted by atomic mass is 10.2. The molecule has 0 spiro atoms. The van der Waals surface area contributed by atoms with E-state index in [4.69, 9.17) is 18.6 Å². The second-order valence-electron chi connectivity index (χ2n) is 5.56. The third-order valence-electron chi connectivity index (χ3n) is 3.72. The normalized spacial score (nSPS) is 10.8. The Bertz CT molecular complexity index is 869. The minimum absolute atomic E-state index is 0.390. The molecule has 0 unspecified atom stereocenters. The van der Waals surface area contributed by atoms with E-state index in [0.29, 0.717) is 39.7 Å². The number of aromatic nitrogens is 3. The van der Waals surface area contributed by atoms with Crippen molar-refractivity contribution in [2.75, 3.05) is 21.3 Å². The minimum atomic E-state index is 0.390. The molecule has 0 fully saturated rings. The molecule has 1 aromatic carbocycles. The van der Waals surface area contributed by atoms with Gasteiger partial charge < -0.3 is 18.6 Å². The zero-order valence-corrected chi connectivity index (χ0v) is 17.3. The van der Waals surface area contributed by atoms with E-state index in [-0.39, 0.29) is 0 Å². The average molecular weight is 408 g/mol. The zero-order chi connectivity index (χ0) is 19.2. The summed E-state index contributed by atoms with van der Waals surface area (Å²) in [5, 5.41) is 12.0. The van der Waals surface area contributed by atoms with Crippen LogP contribution < -0.4 is 14.2 Å². The van der Waals surface area contributed by atoms with Gasteiger partial charge in [-0.05, 0) is 25.0 Å². The summed E-state index contributed by atoms with van der Waals surface area (Å²) < 4.78 is 21.9. The summed E-state index contributed by atoms with van der Waals surface area (Å²) in [6, 6.07) is 3.56. The molecule has 0 N–H and O–H groups in total. The van der Waals surface area contributed by atoms with Gasteiger partial charge in [0.2, 0.25) is 11.6 Å². The summed E-state index contributed by atoms with van der Waals surface area (Å²) in [5.74, 6) is 2.67. The Morgan fingerprint density at radius 3 is 2.44 bits per heavy atom. The zero-order valence-electron chi connectivity index (χ0n) is 15.6. The summed E-state index contributed by atoms with van der Waals surface area (Å²) in [7, 11) is 4.69. The number of nitrogens with zero attached hydrogens (tertiary/aromatic N) is 3. The monoisotopic (exact) mass is 407 g/mol. The molecular weight excluding hydrogens is 386 g/mol. The Balaban J connectivity index is 1.75. The van der Waals surface area contributed by atoms with Crippen LogP contribution in [0.5, 0.6) is 17.2 Å². The van der Waals surface area contributed by atoms with E-state index in [1.54, 1.807) is 44.8 Å². The predicted octanol–water partition coefficient (Wildman–Crippen LogP) is 4.46. The topological polar surface area (TPSA) is 79.5 Å². The third-order valence-corrected chi connectivity index (χ3v) is 5.53. The minimum Gasteiger partial charge on any atom is -0.493 e. The fourth-order valence-electron chi connectivity index (χ4n) is 2.47. The molecule has 2 aromatic heterocycles. The molecule has 7 nitrogen and oxygen atoms in total. The Hall–Kier alpha value is -2.26. The van der Waals surface area contributed by atoms with Crippen LogP contribution in [0.4, 0.5) is 0 Å². The maximum atomic E-state index is 5.78. The van der Waals surface area contributed by atoms with Crippen molar-refractivity contribution in [3.8, 4) is 28.7 Å². The van der Waals surface area contributed by atoms with Crippen molar-refractivity contribution < 1.29 is 18.6 Å².